The third-order valence-electron chi connectivity index (χ3n) is 2.66. The van der Waals surface area contributed by atoms with E-state index < -0.39 is 11.7 Å². The molecular formula is C15H27N3O2S. The van der Waals surface area contributed by atoms with Crippen molar-refractivity contribution in [3.05, 3.63) is 15.6 Å². The minimum absolute atomic E-state index is 0.0221. The van der Waals surface area contributed by atoms with Crippen molar-refractivity contribution in [3.63, 3.8) is 0 Å². The maximum absolute atomic E-state index is 11.6. The smallest absolute Gasteiger partial charge is 0.422 e. The van der Waals surface area contributed by atoms with Crippen LogP contribution in [0.4, 0.5) is 4.79 Å². The number of aryl methyl sites for hydroxylation is 1. The van der Waals surface area contributed by atoms with Crippen molar-refractivity contribution in [2.45, 2.75) is 72.4 Å². The first-order valence-electron chi connectivity index (χ1n) is 7.12. The Labute approximate surface area is 131 Å². The van der Waals surface area contributed by atoms with Gasteiger partial charge in [-0.25, -0.2) is 15.2 Å². The Hall–Kier alpha value is -1.14. The summed E-state index contributed by atoms with van der Waals surface area (Å²) >= 11 is 1.67. The molecule has 1 atom stereocenters. The number of rotatable bonds is 3. The number of hydrazine groups is 1. The molecule has 0 fully saturated rings. The van der Waals surface area contributed by atoms with Crippen LogP contribution in [0.2, 0.25) is 0 Å². The van der Waals surface area contributed by atoms with Gasteiger partial charge < -0.3 is 4.74 Å². The van der Waals surface area contributed by atoms with Gasteiger partial charge in [0.05, 0.1) is 16.7 Å². The third kappa shape index (κ3) is 5.63. The maximum Gasteiger partial charge on any atom is 0.422 e. The second-order valence-electron chi connectivity index (χ2n) is 7.21. The molecular weight excluding hydrogens is 286 g/mol. The van der Waals surface area contributed by atoms with Crippen molar-refractivity contribution in [3.8, 4) is 0 Å². The van der Waals surface area contributed by atoms with E-state index in [1.54, 1.807) is 11.3 Å². The molecule has 0 aromatic carbocycles. The molecule has 0 aliphatic heterocycles. The largest absolute Gasteiger partial charge is 0.443 e. The Bertz CT molecular complexity index is 498. The zero-order valence-electron chi connectivity index (χ0n) is 14.2. The van der Waals surface area contributed by atoms with Crippen LogP contribution in [0, 0.1) is 6.92 Å². The van der Waals surface area contributed by atoms with Gasteiger partial charge in [0, 0.05) is 10.3 Å². The molecule has 0 spiro atoms. The normalized spacial score (nSPS) is 13.9. The quantitative estimate of drug-likeness (QED) is 0.832. The molecule has 0 saturated heterocycles. The summed E-state index contributed by atoms with van der Waals surface area (Å²) in [5.74, 6) is 0. The molecule has 0 saturated carbocycles. The summed E-state index contributed by atoms with van der Waals surface area (Å²) < 4.78 is 5.19. The number of hydrogen-bond acceptors (Lipinski definition) is 5. The Morgan fingerprint density at radius 3 is 2.24 bits per heavy atom. The third-order valence-corrected chi connectivity index (χ3v) is 4.42. The highest BCUT2D eigenvalue weighted by molar-refractivity contribution is 7.12. The van der Waals surface area contributed by atoms with Crippen LogP contribution in [0.15, 0.2) is 0 Å². The van der Waals surface area contributed by atoms with Crippen LogP contribution in [0.3, 0.4) is 0 Å². The molecule has 1 amide bonds. The number of ether oxygens (including phenoxy) is 1. The number of thiazole rings is 1. The van der Waals surface area contributed by atoms with Crippen LogP contribution in [-0.4, -0.2) is 16.7 Å². The second-order valence-corrected chi connectivity index (χ2v) is 8.24. The van der Waals surface area contributed by atoms with Gasteiger partial charge in [0.2, 0.25) is 0 Å². The van der Waals surface area contributed by atoms with E-state index in [1.165, 1.54) is 0 Å². The van der Waals surface area contributed by atoms with E-state index in [4.69, 9.17) is 4.74 Å². The molecule has 120 valence electrons. The van der Waals surface area contributed by atoms with Gasteiger partial charge in [-0.2, -0.15) is 0 Å². The van der Waals surface area contributed by atoms with Crippen LogP contribution in [-0.2, 0) is 10.2 Å². The lowest BCUT2D eigenvalue weighted by molar-refractivity contribution is 0.0489. The van der Waals surface area contributed by atoms with Crippen LogP contribution in [0.5, 0.6) is 0 Å². The number of aromatic nitrogens is 1. The zero-order valence-corrected chi connectivity index (χ0v) is 15.1. The summed E-state index contributed by atoms with van der Waals surface area (Å²) in [6.07, 6.45) is -0.479. The Balaban J connectivity index is 2.66. The number of carbonyl (C=O) groups is 1. The Kier molecular flexibility index (Phi) is 5.39. The van der Waals surface area contributed by atoms with Crippen LogP contribution in [0.1, 0.15) is 70.1 Å². The summed E-state index contributed by atoms with van der Waals surface area (Å²) in [7, 11) is 0. The van der Waals surface area contributed by atoms with Crippen LogP contribution < -0.4 is 10.9 Å². The molecule has 21 heavy (non-hydrogen) atoms. The summed E-state index contributed by atoms with van der Waals surface area (Å²) in [6, 6.07) is -0.0221. The molecule has 0 aliphatic carbocycles. The molecule has 0 aliphatic rings. The number of nitrogens with zero attached hydrogens (tertiary/aromatic N) is 1. The minimum atomic E-state index is -0.505. The minimum Gasteiger partial charge on any atom is -0.443 e. The average Bonchev–Trinajstić information content (AvgIpc) is 2.65. The number of hydrogen-bond donors (Lipinski definition) is 2. The molecule has 1 aromatic rings. The van der Waals surface area contributed by atoms with Crippen molar-refractivity contribution in [2.24, 2.45) is 0 Å². The molecule has 1 rings (SSSR count). The summed E-state index contributed by atoms with van der Waals surface area (Å²) in [6.45, 7) is 15.9. The van der Waals surface area contributed by atoms with E-state index in [0.717, 1.165) is 15.6 Å². The van der Waals surface area contributed by atoms with Crippen LogP contribution in [0.25, 0.3) is 0 Å². The van der Waals surface area contributed by atoms with E-state index in [1.807, 2.05) is 34.6 Å². The van der Waals surface area contributed by atoms with E-state index in [2.05, 4.69) is 36.6 Å². The van der Waals surface area contributed by atoms with E-state index in [0.29, 0.717) is 0 Å². The van der Waals surface area contributed by atoms with Gasteiger partial charge in [-0.15, -0.1) is 11.3 Å². The standard InChI is InChI=1S/C15H27N3O2S/c1-9-11(21-12(16-9)14(3,4)5)10(2)17-18-13(19)20-15(6,7)8/h10,17H,1-8H3,(H,18,19). The second kappa shape index (κ2) is 6.32. The van der Waals surface area contributed by atoms with Gasteiger partial charge in [-0.1, -0.05) is 20.8 Å². The number of carbonyl (C=O) groups excluding carboxylic acids is 1. The first kappa shape index (κ1) is 17.9. The van der Waals surface area contributed by atoms with Crippen LogP contribution >= 0.6 is 11.3 Å². The van der Waals surface area contributed by atoms with Gasteiger partial charge in [0.15, 0.2) is 0 Å². The van der Waals surface area contributed by atoms with Gasteiger partial charge in [0.25, 0.3) is 0 Å². The lowest BCUT2D eigenvalue weighted by Crippen LogP contribution is -2.42. The van der Waals surface area contributed by atoms with Gasteiger partial charge in [-0.3, -0.25) is 5.43 Å². The van der Waals surface area contributed by atoms with E-state index >= 15 is 0 Å². The van der Waals surface area contributed by atoms with E-state index in [9.17, 15) is 4.79 Å². The Morgan fingerprint density at radius 2 is 1.81 bits per heavy atom. The van der Waals surface area contributed by atoms with Gasteiger partial charge in [0.1, 0.15) is 5.60 Å². The van der Waals surface area contributed by atoms with Crippen molar-refractivity contribution in [1.82, 2.24) is 15.8 Å². The predicted octanol–water partition coefficient (Wildman–Crippen LogP) is 3.84. The fourth-order valence-electron chi connectivity index (χ4n) is 1.67. The highest BCUT2D eigenvalue weighted by atomic mass is 32.1. The lowest BCUT2D eigenvalue weighted by Gasteiger charge is -2.21. The molecule has 5 nitrogen and oxygen atoms in total. The number of nitrogens with one attached hydrogen (secondary N) is 2. The Morgan fingerprint density at radius 1 is 1.24 bits per heavy atom. The fourth-order valence-corrected chi connectivity index (χ4v) is 2.79. The average molecular weight is 313 g/mol. The first-order chi connectivity index (χ1) is 9.40. The SMILES string of the molecule is Cc1nc(C(C)(C)C)sc1C(C)NNC(=O)OC(C)(C)C. The molecule has 1 unspecified atom stereocenters. The highest BCUT2D eigenvalue weighted by Crippen LogP contribution is 2.32. The molecule has 6 heteroatoms. The molecule has 1 heterocycles. The number of amides is 1. The molecule has 0 bridgehead atoms. The fraction of sp³-hybridized carbons (Fsp3) is 0.733. The van der Waals surface area contributed by atoms with Crippen molar-refractivity contribution >= 4 is 17.4 Å². The van der Waals surface area contributed by atoms with E-state index in [-0.39, 0.29) is 11.5 Å². The summed E-state index contributed by atoms with van der Waals surface area (Å²) in [5.41, 5.74) is 6.08. The molecule has 1 aromatic heterocycles. The molecule has 0 radical (unpaired) electrons. The highest BCUT2D eigenvalue weighted by Gasteiger charge is 2.23. The molecule has 2 N–H and O–H groups in total. The summed E-state index contributed by atoms with van der Waals surface area (Å²) in [5, 5.41) is 1.10. The monoisotopic (exact) mass is 313 g/mol. The van der Waals surface area contributed by atoms with Crippen molar-refractivity contribution < 1.29 is 9.53 Å². The topological polar surface area (TPSA) is 63.2 Å². The lowest BCUT2D eigenvalue weighted by atomic mass is 9.98. The van der Waals surface area contributed by atoms with Crippen molar-refractivity contribution in [1.29, 1.82) is 0 Å². The zero-order chi connectivity index (χ0) is 16.4. The maximum atomic E-state index is 11.6. The van der Waals surface area contributed by atoms with Gasteiger partial charge in [-0.05, 0) is 34.6 Å². The predicted molar refractivity (Wildman–Crippen MR) is 86.5 cm³/mol. The van der Waals surface area contributed by atoms with Gasteiger partial charge >= 0.3 is 6.09 Å². The van der Waals surface area contributed by atoms with Crippen molar-refractivity contribution in [2.75, 3.05) is 0 Å². The first-order valence-corrected chi connectivity index (χ1v) is 7.94. The summed E-state index contributed by atoms with van der Waals surface area (Å²) in [4.78, 5) is 17.4.